The number of aromatic nitrogens is 2. The van der Waals surface area contributed by atoms with Crippen LogP contribution in [0.5, 0.6) is 5.75 Å². The summed E-state index contributed by atoms with van der Waals surface area (Å²) in [6.07, 6.45) is 0.120. The molecule has 3 aromatic carbocycles. The Morgan fingerprint density at radius 1 is 1.00 bits per heavy atom. The number of hydrogen-bond acceptors (Lipinski definition) is 3. The van der Waals surface area contributed by atoms with Crippen molar-refractivity contribution in [1.82, 2.24) is 9.78 Å². The molecule has 164 valence electrons. The van der Waals surface area contributed by atoms with E-state index in [4.69, 9.17) is 14.9 Å². The molecule has 1 aromatic heterocycles. The minimum Gasteiger partial charge on any atom is -0.489 e. The van der Waals surface area contributed by atoms with Crippen molar-refractivity contribution < 1.29 is 14.6 Å². The van der Waals surface area contributed by atoms with Gasteiger partial charge in [-0.3, -0.25) is 9.48 Å². The molecule has 1 N–H and O–H groups in total. The Morgan fingerprint density at radius 3 is 2.38 bits per heavy atom. The van der Waals surface area contributed by atoms with E-state index in [0.29, 0.717) is 6.61 Å². The lowest BCUT2D eigenvalue weighted by molar-refractivity contribution is -0.137. The summed E-state index contributed by atoms with van der Waals surface area (Å²) < 4.78 is 8.07. The maximum Gasteiger partial charge on any atom is 0.303 e. The van der Waals surface area contributed by atoms with E-state index >= 15 is 0 Å². The van der Waals surface area contributed by atoms with Gasteiger partial charge in [-0.25, -0.2) is 0 Å². The Hall–Kier alpha value is -3.60. The molecule has 0 unspecified atom stereocenters. The third-order valence-electron chi connectivity index (χ3n) is 5.64. The number of ether oxygens (including phenoxy) is 1. The van der Waals surface area contributed by atoms with E-state index in [-0.39, 0.29) is 18.4 Å². The third-order valence-corrected chi connectivity index (χ3v) is 5.64. The lowest BCUT2D eigenvalue weighted by Crippen LogP contribution is -2.03. The van der Waals surface area contributed by atoms with Gasteiger partial charge in [0.05, 0.1) is 11.9 Å². The lowest BCUT2D eigenvalue weighted by Gasteiger charge is -2.12. The molecule has 0 fully saturated rings. The molecule has 32 heavy (non-hydrogen) atoms. The van der Waals surface area contributed by atoms with Gasteiger partial charge in [0.1, 0.15) is 18.1 Å². The first-order valence-corrected chi connectivity index (χ1v) is 10.9. The Balaban J connectivity index is 1.54. The quantitative estimate of drug-likeness (QED) is 0.351. The second-order valence-corrected chi connectivity index (χ2v) is 8.46. The third kappa shape index (κ3) is 4.67. The fourth-order valence-electron chi connectivity index (χ4n) is 3.91. The van der Waals surface area contributed by atoms with Crippen LogP contribution in [-0.4, -0.2) is 20.9 Å². The monoisotopic (exact) mass is 428 g/mol. The van der Waals surface area contributed by atoms with Crippen LogP contribution in [0.3, 0.4) is 0 Å². The number of carboxylic acid groups (broad SMARTS) is 1. The zero-order valence-electron chi connectivity index (χ0n) is 18.7. The zero-order chi connectivity index (χ0) is 22.7. The summed E-state index contributed by atoms with van der Waals surface area (Å²) in [5.74, 6) is -0.0536. The number of aliphatic carboxylic acids is 1. The smallest absolute Gasteiger partial charge is 0.303 e. The fraction of sp³-hybridized carbons (Fsp3) is 0.259. The van der Waals surface area contributed by atoms with Gasteiger partial charge in [-0.2, -0.15) is 5.10 Å². The highest BCUT2D eigenvalue weighted by Crippen LogP contribution is 2.31. The molecule has 4 aromatic rings. The van der Waals surface area contributed by atoms with Crippen LogP contribution in [0.25, 0.3) is 22.2 Å². The van der Waals surface area contributed by atoms with Gasteiger partial charge < -0.3 is 9.84 Å². The van der Waals surface area contributed by atoms with Crippen LogP contribution in [0.2, 0.25) is 0 Å². The summed E-state index contributed by atoms with van der Waals surface area (Å²) in [6, 6.07) is 24.5. The molecule has 0 saturated carbocycles. The summed E-state index contributed by atoms with van der Waals surface area (Å²) >= 11 is 0. The highest BCUT2D eigenvalue weighted by Gasteiger charge is 2.15. The van der Waals surface area contributed by atoms with Gasteiger partial charge >= 0.3 is 5.97 Å². The molecule has 1 atom stereocenters. The first kappa shape index (κ1) is 21.6. The van der Waals surface area contributed by atoms with Gasteiger partial charge in [0.25, 0.3) is 0 Å². The second kappa shape index (κ2) is 9.27. The molecule has 0 spiro atoms. The van der Waals surface area contributed by atoms with Crippen LogP contribution >= 0.6 is 0 Å². The summed E-state index contributed by atoms with van der Waals surface area (Å²) in [7, 11) is 0. The molecule has 5 heteroatoms. The van der Waals surface area contributed by atoms with Gasteiger partial charge in [-0.1, -0.05) is 61.5 Å². The number of rotatable bonds is 8. The molecule has 0 aliphatic carbocycles. The largest absolute Gasteiger partial charge is 0.489 e. The van der Waals surface area contributed by atoms with E-state index in [2.05, 4.69) is 48.9 Å². The van der Waals surface area contributed by atoms with E-state index in [1.165, 1.54) is 0 Å². The minimum absolute atomic E-state index is 0.0286. The van der Waals surface area contributed by atoms with Crippen molar-refractivity contribution in [3.05, 3.63) is 83.9 Å². The number of hydrogen-bond donors (Lipinski definition) is 1. The molecular formula is C27H28N2O3. The fourth-order valence-corrected chi connectivity index (χ4v) is 3.91. The van der Waals surface area contributed by atoms with Crippen LogP contribution in [0, 0.1) is 0 Å². The summed E-state index contributed by atoms with van der Waals surface area (Å²) in [6.45, 7) is 6.64. The number of nitrogens with zero attached hydrogens (tertiary/aromatic N) is 2. The number of fused-ring (bicyclic) bond motifs is 1. The standard InChI is InChI=1S/C27H28N2O3/c1-18(2)29-25-16-20(9-14-24(25)27(28-29)22-7-5-4-6-8-22)17-32-23-12-10-21(11-13-23)19(3)15-26(30)31/h4-14,16,18-19H,15,17H2,1-3H3,(H,30,31)/t19-/m0/s1. The van der Waals surface area contributed by atoms with Crippen molar-refractivity contribution in [2.45, 2.75) is 45.8 Å². The van der Waals surface area contributed by atoms with Crippen molar-refractivity contribution in [2.75, 3.05) is 0 Å². The van der Waals surface area contributed by atoms with Crippen LogP contribution in [0.1, 0.15) is 50.3 Å². The van der Waals surface area contributed by atoms with E-state index < -0.39 is 5.97 Å². The molecule has 4 rings (SSSR count). The van der Waals surface area contributed by atoms with Gasteiger partial charge in [-0.15, -0.1) is 0 Å². The highest BCUT2D eigenvalue weighted by atomic mass is 16.5. The second-order valence-electron chi connectivity index (χ2n) is 8.46. The average molecular weight is 429 g/mol. The van der Waals surface area contributed by atoms with Gasteiger partial charge in [0.15, 0.2) is 0 Å². The molecule has 0 bridgehead atoms. The van der Waals surface area contributed by atoms with Crippen molar-refractivity contribution in [2.24, 2.45) is 0 Å². The number of carbonyl (C=O) groups is 1. The summed E-state index contributed by atoms with van der Waals surface area (Å²) in [5, 5.41) is 15.0. The van der Waals surface area contributed by atoms with E-state index in [9.17, 15) is 4.79 Å². The number of benzene rings is 3. The molecule has 5 nitrogen and oxygen atoms in total. The van der Waals surface area contributed by atoms with E-state index in [0.717, 1.165) is 39.0 Å². The Labute approximate surface area is 188 Å². The molecule has 0 aliphatic rings. The van der Waals surface area contributed by atoms with Crippen LogP contribution in [-0.2, 0) is 11.4 Å². The molecule has 0 saturated heterocycles. The van der Waals surface area contributed by atoms with Crippen LogP contribution in [0.15, 0.2) is 72.8 Å². The van der Waals surface area contributed by atoms with Crippen molar-refractivity contribution in [3.8, 4) is 17.0 Å². The number of carboxylic acids is 1. The normalized spacial score (nSPS) is 12.2. The Morgan fingerprint density at radius 2 is 1.72 bits per heavy atom. The van der Waals surface area contributed by atoms with Gasteiger partial charge in [0.2, 0.25) is 0 Å². The van der Waals surface area contributed by atoms with Gasteiger partial charge in [0, 0.05) is 17.0 Å². The summed E-state index contributed by atoms with van der Waals surface area (Å²) in [4.78, 5) is 10.9. The van der Waals surface area contributed by atoms with Crippen molar-refractivity contribution in [3.63, 3.8) is 0 Å². The van der Waals surface area contributed by atoms with Crippen molar-refractivity contribution >= 4 is 16.9 Å². The maximum atomic E-state index is 10.9. The Bertz CT molecular complexity index is 1210. The zero-order valence-corrected chi connectivity index (χ0v) is 18.7. The van der Waals surface area contributed by atoms with Crippen LogP contribution < -0.4 is 4.74 Å². The van der Waals surface area contributed by atoms with Crippen molar-refractivity contribution in [1.29, 1.82) is 0 Å². The Kier molecular flexibility index (Phi) is 6.26. The lowest BCUT2D eigenvalue weighted by atomic mass is 9.98. The SMILES string of the molecule is CC(C)n1nc(-c2ccccc2)c2ccc(COc3ccc([C@@H](C)CC(=O)O)cc3)cc21. The predicted molar refractivity (Wildman–Crippen MR) is 127 cm³/mol. The molecule has 1 heterocycles. The van der Waals surface area contributed by atoms with E-state index in [1.54, 1.807) is 0 Å². The molecule has 0 amide bonds. The van der Waals surface area contributed by atoms with Gasteiger partial charge in [-0.05, 0) is 49.1 Å². The minimum atomic E-state index is -0.788. The average Bonchev–Trinajstić information content (AvgIpc) is 3.17. The van der Waals surface area contributed by atoms with E-state index in [1.807, 2.05) is 49.4 Å². The molecule has 0 aliphatic heterocycles. The van der Waals surface area contributed by atoms with Crippen LogP contribution in [0.4, 0.5) is 0 Å². The summed E-state index contributed by atoms with van der Waals surface area (Å²) in [5.41, 5.74) is 5.27. The first-order valence-electron chi connectivity index (χ1n) is 10.9. The molecular weight excluding hydrogens is 400 g/mol. The first-order chi connectivity index (χ1) is 15.4. The maximum absolute atomic E-state index is 10.9. The molecule has 0 radical (unpaired) electrons. The highest BCUT2D eigenvalue weighted by molar-refractivity contribution is 5.93. The topological polar surface area (TPSA) is 64.4 Å². The predicted octanol–water partition coefficient (Wildman–Crippen LogP) is 6.44.